The Morgan fingerprint density at radius 3 is 1.64 bits per heavy atom. The first-order valence-electron chi connectivity index (χ1n) is 24.1. The van der Waals surface area contributed by atoms with Crippen molar-refractivity contribution in [2.75, 3.05) is 28.4 Å². The Morgan fingerprint density at radius 2 is 1.07 bits per heavy atom. The van der Waals surface area contributed by atoms with E-state index in [4.69, 9.17) is 18.9 Å². The molecule has 6 aromatic heterocycles. The monoisotopic (exact) mass is 1030 g/mol. The van der Waals surface area contributed by atoms with Gasteiger partial charge in [0.2, 0.25) is 0 Å². The van der Waals surface area contributed by atoms with Crippen molar-refractivity contribution in [3.8, 4) is 23.0 Å². The van der Waals surface area contributed by atoms with Gasteiger partial charge in [0.25, 0.3) is 33.4 Å². The molecule has 1 saturated carbocycles. The highest BCUT2D eigenvalue weighted by atomic mass is 16.5. The van der Waals surface area contributed by atoms with E-state index in [2.05, 4.69) is 74.2 Å². The van der Waals surface area contributed by atoms with E-state index in [-0.39, 0.29) is 33.4 Å². The van der Waals surface area contributed by atoms with Gasteiger partial charge in [-0.2, -0.15) is 30.6 Å². The average Bonchev–Trinajstić information content (AvgIpc) is 3.47. The highest BCUT2D eigenvalue weighted by Gasteiger charge is 2.16. The Morgan fingerprint density at radius 1 is 0.474 bits per heavy atom. The van der Waals surface area contributed by atoms with E-state index in [1.807, 2.05) is 30.3 Å². The maximum absolute atomic E-state index is 11.7. The number of hydrogen-bond donors (Lipinski definition) is 6. The molecule has 22 heteroatoms. The van der Waals surface area contributed by atoms with Crippen LogP contribution in [0.3, 0.4) is 0 Å². The number of H-pyrrole nitrogens is 6. The minimum Gasteiger partial charge on any atom is -0.497 e. The molecule has 10 aromatic rings. The lowest BCUT2D eigenvalue weighted by Crippen LogP contribution is -2.09. The second-order valence-electron chi connectivity index (χ2n) is 16.8. The number of methoxy groups -OCH3 is 4. The van der Waals surface area contributed by atoms with Crippen molar-refractivity contribution in [3.05, 3.63) is 195 Å². The molecule has 0 saturated heterocycles. The van der Waals surface area contributed by atoms with E-state index in [1.165, 1.54) is 77.3 Å². The van der Waals surface area contributed by atoms with Gasteiger partial charge in [-0.05, 0) is 79.6 Å². The van der Waals surface area contributed by atoms with Crippen molar-refractivity contribution >= 4 is 43.1 Å². The predicted octanol–water partition coefficient (Wildman–Crippen LogP) is 6.66. The normalized spacial score (nSPS) is 11.6. The molecule has 394 valence electrons. The van der Waals surface area contributed by atoms with Crippen LogP contribution in [0.1, 0.15) is 69.0 Å². The van der Waals surface area contributed by atoms with E-state index in [0.29, 0.717) is 50.5 Å². The minimum absolute atomic E-state index is 0.0832. The van der Waals surface area contributed by atoms with Gasteiger partial charge in [-0.1, -0.05) is 62.9 Å². The number of unbranched alkanes of at least 4 members (excludes halogenated alkanes) is 1. The molecular formula is C54H58N12O10. The number of aromatic amines is 6. The van der Waals surface area contributed by atoms with Crippen molar-refractivity contribution in [1.29, 1.82) is 0 Å². The molecule has 22 nitrogen and oxygen atoms in total. The summed E-state index contributed by atoms with van der Waals surface area (Å²) in [5, 5.41) is 42.1. The van der Waals surface area contributed by atoms with Crippen LogP contribution in [0.15, 0.2) is 151 Å². The number of fused-ring (bicyclic) bond motifs is 4. The van der Waals surface area contributed by atoms with Crippen LogP contribution in [-0.4, -0.2) is 89.6 Å². The largest absolute Gasteiger partial charge is 0.497 e. The van der Waals surface area contributed by atoms with Crippen LogP contribution in [0, 0.1) is 0 Å². The van der Waals surface area contributed by atoms with Gasteiger partial charge < -0.3 is 18.9 Å². The molecule has 4 aromatic carbocycles. The Bertz CT molecular complexity index is 3790. The van der Waals surface area contributed by atoms with Gasteiger partial charge in [0, 0.05) is 51.3 Å². The third-order valence-electron chi connectivity index (χ3n) is 11.8. The van der Waals surface area contributed by atoms with Gasteiger partial charge in [-0.3, -0.25) is 28.8 Å². The van der Waals surface area contributed by atoms with E-state index in [0.717, 1.165) is 46.5 Å². The first-order valence-corrected chi connectivity index (χ1v) is 24.1. The van der Waals surface area contributed by atoms with Crippen LogP contribution in [0.4, 0.5) is 0 Å². The van der Waals surface area contributed by atoms with E-state index in [1.54, 1.807) is 74.4 Å². The van der Waals surface area contributed by atoms with Crippen LogP contribution in [0.5, 0.6) is 23.0 Å². The van der Waals surface area contributed by atoms with Crippen molar-refractivity contribution in [3.63, 3.8) is 0 Å². The number of nitrogens with zero attached hydrogens (tertiary/aromatic N) is 6. The van der Waals surface area contributed by atoms with Crippen molar-refractivity contribution in [2.45, 2.75) is 64.2 Å². The molecule has 11 rings (SSSR count). The fourth-order valence-corrected chi connectivity index (χ4v) is 7.86. The molecule has 0 spiro atoms. The van der Waals surface area contributed by atoms with Crippen molar-refractivity contribution in [2.24, 2.45) is 0 Å². The Balaban J connectivity index is 0.000000151. The third kappa shape index (κ3) is 15.7. The molecule has 6 N–H and O–H groups in total. The highest BCUT2D eigenvalue weighted by molar-refractivity contribution is 5.88. The summed E-state index contributed by atoms with van der Waals surface area (Å²) in [5.74, 6) is 2.90. The van der Waals surface area contributed by atoms with E-state index < -0.39 is 0 Å². The fraction of sp³-hybridized carbons (Fsp3) is 0.259. The molecule has 76 heavy (non-hydrogen) atoms. The molecule has 1 aliphatic rings. The molecule has 6 heterocycles. The molecule has 0 aliphatic heterocycles. The maximum Gasteiger partial charge on any atom is 0.272 e. The zero-order valence-electron chi connectivity index (χ0n) is 42.5. The van der Waals surface area contributed by atoms with Gasteiger partial charge in [0.1, 0.15) is 11.5 Å². The summed E-state index contributed by atoms with van der Waals surface area (Å²) >= 11 is 0. The fourth-order valence-electron chi connectivity index (χ4n) is 7.86. The predicted molar refractivity (Wildman–Crippen MR) is 290 cm³/mol. The second-order valence-corrected chi connectivity index (χ2v) is 16.8. The zero-order valence-corrected chi connectivity index (χ0v) is 42.5. The molecule has 1 fully saturated rings. The number of benzene rings is 4. The topological polar surface area (TPSA) is 311 Å². The smallest absolute Gasteiger partial charge is 0.272 e. The quantitative estimate of drug-likeness (QED) is 0.0927. The molecule has 1 aliphatic carbocycles. The number of nitrogens with one attached hydrogen (secondary N) is 6. The standard InChI is InChI=1S/C14H16N2O.2C10H10N2O3.C8H6N2O.C8H12N2O.C4H4N2O/c17-14-13-8-11(10-4-2-1-3-5-10)6-7-12(13)9-15-16-14;1-14-8-3-6-5-11-12-10(13)7(6)4-9(8)15-2;1-14-6-3-7-8(9(4-6)15-2)5-11-12-10(7)13;11-8-7-4-2-1-3-6(7)5-9-10-8;1-2-3-4-7-5-6-8(11)10-9-7;7-4-2-1-3-5-6-4/h6-10H,1-5H2,(H,16,17);2*3-5H,1-2H3,(H,12,13);1-5H,(H,10,11);5-6H,2-4H2,1H3,(H,10,11);1-3H,(H,6,7). The Hall–Kier alpha value is -9.60. The van der Waals surface area contributed by atoms with Crippen LogP contribution < -0.4 is 52.3 Å². The molecule has 0 atom stereocenters. The van der Waals surface area contributed by atoms with Gasteiger partial charge in [-0.25, -0.2) is 30.6 Å². The summed E-state index contributed by atoms with van der Waals surface area (Å²) in [4.78, 5) is 66.4. The number of hydrogen-bond acceptors (Lipinski definition) is 16. The Labute approximate surface area is 432 Å². The van der Waals surface area contributed by atoms with Gasteiger partial charge in [-0.15, -0.1) is 0 Å². The molecule has 0 bridgehead atoms. The lowest BCUT2D eigenvalue weighted by molar-refractivity contribution is 0.356. The number of ether oxygens (including phenoxy) is 4. The summed E-state index contributed by atoms with van der Waals surface area (Å²) < 4.78 is 20.4. The molecule has 0 unspecified atom stereocenters. The van der Waals surface area contributed by atoms with Crippen LogP contribution in [-0.2, 0) is 6.42 Å². The molecule has 0 amide bonds. The van der Waals surface area contributed by atoms with Gasteiger partial charge in [0.15, 0.2) is 11.5 Å². The summed E-state index contributed by atoms with van der Waals surface area (Å²) in [6.45, 7) is 2.13. The number of aryl methyl sites for hydroxylation is 1. The minimum atomic E-state index is -0.260. The van der Waals surface area contributed by atoms with Crippen LogP contribution in [0.2, 0.25) is 0 Å². The van der Waals surface area contributed by atoms with Gasteiger partial charge in [0.05, 0.1) is 75.1 Å². The number of aromatic nitrogens is 12. The van der Waals surface area contributed by atoms with Crippen LogP contribution >= 0.6 is 0 Å². The lowest BCUT2D eigenvalue weighted by atomic mass is 9.83. The zero-order chi connectivity index (χ0) is 54.2. The summed E-state index contributed by atoms with van der Waals surface area (Å²) in [5.41, 5.74) is 1.26. The second kappa shape index (κ2) is 28.6. The molecular weight excluding hydrogens is 977 g/mol. The highest BCUT2D eigenvalue weighted by Crippen LogP contribution is 2.34. The van der Waals surface area contributed by atoms with Gasteiger partial charge >= 0.3 is 0 Å². The first-order chi connectivity index (χ1) is 37.0. The lowest BCUT2D eigenvalue weighted by Gasteiger charge is -2.22. The van der Waals surface area contributed by atoms with E-state index in [9.17, 15) is 28.8 Å². The SMILES string of the molecule is CCCCc1ccc(=O)[nH]n1.COc1cc(OC)c2cn[nH]c(=O)c2c1.COc1cc2cn[nH]c(=O)c2cc1OC.O=c1[nH]ncc2ccc(C3CCCCC3)cc12.O=c1[nH]ncc2ccccc12.O=c1cccn[nH]1. The first kappa shape index (κ1) is 55.7. The summed E-state index contributed by atoms with van der Waals surface area (Å²) in [6.07, 6.45) is 17.7. The van der Waals surface area contributed by atoms with Crippen molar-refractivity contribution in [1.82, 2.24) is 61.2 Å². The third-order valence-corrected chi connectivity index (χ3v) is 11.8. The summed E-state index contributed by atoms with van der Waals surface area (Å²) in [7, 11) is 6.15. The molecule has 0 radical (unpaired) electrons. The average molecular weight is 1040 g/mol. The Kier molecular flexibility index (Phi) is 21.0. The maximum atomic E-state index is 11.7. The summed E-state index contributed by atoms with van der Waals surface area (Å²) in [6, 6.07) is 26.5. The van der Waals surface area contributed by atoms with E-state index >= 15 is 0 Å². The number of rotatable bonds is 8. The van der Waals surface area contributed by atoms with Crippen molar-refractivity contribution < 1.29 is 18.9 Å². The van der Waals surface area contributed by atoms with Crippen LogP contribution in [0.25, 0.3) is 43.1 Å².